The van der Waals surface area contributed by atoms with Crippen LogP contribution in [0.2, 0.25) is 0 Å². The van der Waals surface area contributed by atoms with E-state index in [0.717, 1.165) is 23.9 Å². The highest BCUT2D eigenvalue weighted by Crippen LogP contribution is 2.25. The van der Waals surface area contributed by atoms with Crippen LogP contribution in [0.1, 0.15) is 37.3 Å². The van der Waals surface area contributed by atoms with Gasteiger partial charge >= 0.3 is 0 Å². The summed E-state index contributed by atoms with van der Waals surface area (Å²) in [6, 6.07) is 6.84. The molecule has 0 saturated carbocycles. The summed E-state index contributed by atoms with van der Waals surface area (Å²) in [6.45, 7) is 4.43. The maximum Gasteiger partial charge on any atom is 0.129 e. The quantitative estimate of drug-likeness (QED) is 0.841. The van der Waals surface area contributed by atoms with Gasteiger partial charge in [-0.05, 0) is 43.5 Å². The van der Waals surface area contributed by atoms with E-state index in [9.17, 15) is 0 Å². The molecule has 0 aromatic heterocycles. The van der Waals surface area contributed by atoms with E-state index in [0.29, 0.717) is 4.99 Å². The van der Waals surface area contributed by atoms with Crippen LogP contribution in [-0.2, 0) is 6.54 Å². The van der Waals surface area contributed by atoms with Gasteiger partial charge in [-0.1, -0.05) is 25.2 Å². The number of hydrogen-bond acceptors (Lipinski definition) is 3. The van der Waals surface area contributed by atoms with Crippen molar-refractivity contribution in [3.8, 4) is 5.75 Å². The third-order valence-corrected chi connectivity index (χ3v) is 4.11. The zero-order valence-electron chi connectivity index (χ0n) is 11.7. The van der Waals surface area contributed by atoms with Crippen LogP contribution < -0.4 is 10.5 Å². The fourth-order valence-electron chi connectivity index (χ4n) is 2.84. The first-order valence-corrected chi connectivity index (χ1v) is 7.27. The standard InChI is InChI=1S/C15H22N2OS/c1-3-12-5-4-8-17(12)10-11-6-7-13(15(16)19)14(9-11)18-2/h6-7,9,12H,3-5,8,10H2,1-2H3,(H2,16,19). The van der Waals surface area contributed by atoms with E-state index >= 15 is 0 Å². The van der Waals surface area contributed by atoms with Crippen molar-refractivity contribution in [1.82, 2.24) is 4.90 Å². The Labute approximate surface area is 120 Å². The molecule has 1 aliphatic heterocycles. The Kier molecular flexibility index (Phi) is 4.77. The number of likely N-dealkylation sites (tertiary alicyclic amines) is 1. The monoisotopic (exact) mass is 278 g/mol. The minimum atomic E-state index is 0.385. The van der Waals surface area contributed by atoms with Gasteiger partial charge in [0.05, 0.1) is 12.7 Å². The molecule has 0 spiro atoms. The molecule has 0 amide bonds. The van der Waals surface area contributed by atoms with Gasteiger partial charge in [-0.25, -0.2) is 0 Å². The Morgan fingerprint density at radius 1 is 1.53 bits per heavy atom. The molecule has 2 N–H and O–H groups in total. The van der Waals surface area contributed by atoms with Gasteiger partial charge in [0.2, 0.25) is 0 Å². The molecule has 2 rings (SSSR count). The van der Waals surface area contributed by atoms with Gasteiger partial charge in [0, 0.05) is 12.6 Å². The van der Waals surface area contributed by atoms with Crippen LogP contribution in [0.5, 0.6) is 5.75 Å². The van der Waals surface area contributed by atoms with Gasteiger partial charge in [-0.3, -0.25) is 4.90 Å². The topological polar surface area (TPSA) is 38.5 Å². The lowest BCUT2D eigenvalue weighted by Gasteiger charge is -2.23. The first-order chi connectivity index (χ1) is 9.15. The molecule has 0 bridgehead atoms. The first-order valence-electron chi connectivity index (χ1n) is 6.86. The number of rotatable bonds is 5. The van der Waals surface area contributed by atoms with Crippen LogP contribution in [0.3, 0.4) is 0 Å². The highest BCUT2D eigenvalue weighted by Gasteiger charge is 2.22. The predicted octanol–water partition coefficient (Wildman–Crippen LogP) is 2.70. The Bertz CT molecular complexity index is 461. The second kappa shape index (κ2) is 6.35. The lowest BCUT2D eigenvalue weighted by Crippen LogP contribution is -2.28. The van der Waals surface area contributed by atoms with Crippen LogP contribution in [0.25, 0.3) is 0 Å². The van der Waals surface area contributed by atoms with Gasteiger partial charge in [-0.2, -0.15) is 0 Å². The summed E-state index contributed by atoms with van der Waals surface area (Å²) in [7, 11) is 1.66. The average molecular weight is 278 g/mol. The van der Waals surface area contributed by atoms with E-state index in [1.54, 1.807) is 7.11 Å². The summed E-state index contributed by atoms with van der Waals surface area (Å²) < 4.78 is 5.38. The van der Waals surface area contributed by atoms with E-state index in [-0.39, 0.29) is 0 Å². The van der Waals surface area contributed by atoms with Crippen molar-refractivity contribution in [2.24, 2.45) is 5.73 Å². The lowest BCUT2D eigenvalue weighted by molar-refractivity contribution is 0.239. The Balaban J connectivity index is 2.15. The number of thiocarbonyl (C=S) groups is 1. The highest BCUT2D eigenvalue weighted by atomic mass is 32.1. The van der Waals surface area contributed by atoms with Crippen molar-refractivity contribution < 1.29 is 4.74 Å². The Hall–Kier alpha value is -1.13. The number of methoxy groups -OCH3 is 1. The second-order valence-electron chi connectivity index (χ2n) is 5.07. The largest absolute Gasteiger partial charge is 0.496 e. The lowest BCUT2D eigenvalue weighted by atomic mass is 10.1. The number of nitrogens with two attached hydrogens (primary N) is 1. The van der Waals surface area contributed by atoms with Crippen LogP contribution in [-0.4, -0.2) is 29.6 Å². The summed E-state index contributed by atoms with van der Waals surface area (Å²) in [5.74, 6) is 0.775. The number of ether oxygens (including phenoxy) is 1. The van der Waals surface area contributed by atoms with Crippen LogP contribution in [0, 0.1) is 0 Å². The Morgan fingerprint density at radius 2 is 2.32 bits per heavy atom. The van der Waals surface area contributed by atoms with E-state index < -0.39 is 0 Å². The maximum absolute atomic E-state index is 5.69. The smallest absolute Gasteiger partial charge is 0.129 e. The van der Waals surface area contributed by atoms with Gasteiger partial charge in [0.15, 0.2) is 0 Å². The maximum atomic E-state index is 5.69. The van der Waals surface area contributed by atoms with Gasteiger partial charge in [0.25, 0.3) is 0 Å². The van der Waals surface area contributed by atoms with Gasteiger partial charge in [0.1, 0.15) is 10.7 Å². The zero-order valence-corrected chi connectivity index (χ0v) is 12.5. The molecule has 1 atom stereocenters. The molecule has 1 aromatic rings. The predicted molar refractivity (Wildman–Crippen MR) is 82.6 cm³/mol. The van der Waals surface area contributed by atoms with Crippen LogP contribution in [0.4, 0.5) is 0 Å². The Morgan fingerprint density at radius 3 is 2.95 bits per heavy atom. The van der Waals surface area contributed by atoms with Gasteiger partial charge in [-0.15, -0.1) is 0 Å². The molecule has 1 aliphatic rings. The molecule has 3 nitrogen and oxygen atoms in total. The first kappa shape index (κ1) is 14.3. The molecule has 1 heterocycles. The molecule has 0 aliphatic carbocycles. The van der Waals surface area contributed by atoms with Crippen molar-refractivity contribution >= 4 is 17.2 Å². The fraction of sp³-hybridized carbons (Fsp3) is 0.533. The molecule has 1 aromatic carbocycles. The molecule has 1 unspecified atom stereocenters. The van der Waals surface area contributed by atoms with Crippen molar-refractivity contribution in [2.75, 3.05) is 13.7 Å². The molecule has 1 saturated heterocycles. The summed E-state index contributed by atoms with van der Waals surface area (Å²) in [4.78, 5) is 2.94. The molecule has 1 fully saturated rings. The summed E-state index contributed by atoms with van der Waals surface area (Å²) in [6.07, 6.45) is 3.85. The van der Waals surface area contributed by atoms with Crippen molar-refractivity contribution in [2.45, 2.75) is 38.8 Å². The van der Waals surface area contributed by atoms with E-state index in [1.165, 1.54) is 31.4 Å². The minimum absolute atomic E-state index is 0.385. The number of nitrogens with zero attached hydrogens (tertiary/aromatic N) is 1. The normalized spacial score (nSPS) is 19.6. The second-order valence-corrected chi connectivity index (χ2v) is 5.51. The fourth-order valence-corrected chi connectivity index (χ4v) is 3.01. The van der Waals surface area contributed by atoms with E-state index in [4.69, 9.17) is 22.7 Å². The number of hydrogen-bond donors (Lipinski definition) is 1. The minimum Gasteiger partial charge on any atom is -0.496 e. The van der Waals surface area contributed by atoms with E-state index in [1.807, 2.05) is 6.07 Å². The molecular formula is C15H22N2OS. The molecule has 0 radical (unpaired) electrons. The highest BCUT2D eigenvalue weighted by molar-refractivity contribution is 7.80. The molecular weight excluding hydrogens is 256 g/mol. The van der Waals surface area contributed by atoms with Crippen molar-refractivity contribution in [3.05, 3.63) is 29.3 Å². The third kappa shape index (κ3) is 3.25. The third-order valence-electron chi connectivity index (χ3n) is 3.89. The molecule has 4 heteroatoms. The molecule has 104 valence electrons. The van der Waals surface area contributed by atoms with Crippen LogP contribution >= 0.6 is 12.2 Å². The van der Waals surface area contributed by atoms with Crippen molar-refractivity contribution in [1.29, 1.82) is 0 Å². The van der Waals surface area contributed by atoms with E-state index in [2.05, 4.69) is 24.0 Å². The summed E-state index contributed by atoms with van der Waals surface area (Å²) in [5, 5.41) is 0. The average Bonchev–Trinajstić information content (AvgIpc) is 2.85. The molecule has 19 heavy (non-hydrogen) atoms. The van der Waals surface area contributed by atoms with Crippen LogP contribution in [0.15, 0.2) is 18.2 Å². The summed E-state index contributed by atoms with van der Waals surface area (Å²) >= 11 is 5.03. The summed E-state index contributed by atoms with van der Waals surface area (Å²) in [5.41, 5.74) is 7.76. The zero-order chi connectivity index (χ0) is 13.8. The van der Waals surface area contributed by atoms with Crippen molar-refractivity contribution in [3.63, 3.8) is 0 Å². The number of benzene rings is 1. The SMILES string of the molecule is CCC1CCCN1Cc1ccc(C(N)=S)c(OC)c1. The van der Waals surface area contributed by atoms with Gasteiger partial charge < -0.3 is 10.5 Å².